The molecule has 11 aromatic rings. The fourth-order valence-electron chi connectivity index (χ4n) is 7.96. The number of hydrogen-bond donors (Lipinski definition) is 0. The summed E-state index contributed by atoms with van der Waals surface area (Å²) < 4.78 is 6.46. The third-order valence-electron chi connectivity index (χ3n) is 10.9. The quantitative estimate of drug-likeness (QED) is 0.171. The van der Waals surface area contributed by atoms with E-state index in [0.717, 1.165) is 71.7 Å². The first-order valence-corrected chi connectivity index (χ1v) is 19.2. The second-order valence-electron chi connectivity index (χ2n) is 14.4. The van der Waals surface area contributed by atoms with Crippen LogP contribution in [0, 0.1) is 0 Å². The predicted molar refractivity (Wildman–Crippen MR) is 235 cm³/mol. The maximum atomic E-state index is 6.46. The SMILES string of the molecule is c1ccc(-c2ccc3c(c2)oc2cccc(-c4ccc5ccc(-c6nc(-c7ccccc7)nc(-c7ccc(-c8ccc9ccccc9c8)cc7)n6)cc5c4)c23)cc1. The van der Waals surface area contributed by atoms with Crippen LogP contribution >= 0.6 is 0 Å². The summed E-state index contributed by atoms with van der Waals surface area (Å²) in [5.41, 5.74) is 11.4. The van der Waals surface area contributed by atoms with Gasteiger partial charge < -0.3 is 4.42 Å². The van der Waals surface area contributed by atoms with Crippen LogP contribution in [0.4, 0.5) is 0 Å². The van der Waals surface area contributed by atoms with Crippen LogP contribution in [0.25, 0.3) is 111 Å². The number of hydrogen-bond acceptors (Lipinski definition) is 4. The van der Waals surface area contributed by atoms with E-state index in [1.165, 1.54) is 21.9 Å². The molecule has 0 saturated heterocycles. The van der Waals surface area contributed by atoms with Crippen molar-refractivity contribution in [3.05, 3.63) is 200 Å². The van der Waals surface area contributed by atoms with Crippen LogP contribution in [0.2, 0.25) is 0 Å². The Morgan fingerprint density at radius 3 is 1.53 bits per heavy atom. The number of furan rings is 1. The molecule has 0 saturated carbocycles. The Hall–Kier alpha value is -7.69. The van der Waals surface area contributed by atoms with Gasteiger partial charge in [-0.25, -0.2) is 15.0 Å². The average molecular weight is 728 g/mol. The Kier molecular flexibility index (Phi) is 7.78. The summed E-state index contributed by atoms with van der Waals surface area (Å²) in [5, 5.41) is 6.91. The largest absolute Gasteiger partial charge is 0.456 e. The summed E-state index contributed by atoms with van der Waals surface area (Å²) >= 11 is 0. The van der Waals surface area contributed by atoms with Crippen molar-refractivity contribution < 1.29 is 4.42 Å². The molecule has 4 heteroatoms. The standard InChI is InChI=1S/C53H33N3O/c1-3-10-34(11-4-1)42-28-29-47-49(33-42)57-48-17-9-16-46(50(47)48)43-26-21-37-22-27-44(32-45(37)31-43)53-55-51(38-13-5-2-6-14-38)54-52(56-53)39-23-18-36(19-24-39)41-25-20-35-12-7-8-15-40(35)30-41/h1-33H. The second kappa shape index (κ2) is 13.6. The van der Waals surface area contributed by atoms with Gasteiger partial charge in [0.15, 0.2) is 17.5 Å². The van der Waals surface area contributed by atoms with Crippen molar-refractivity contribution in [2.45, 2.75) is 0 Å². The molecule has 4 nitrogen and oxygen atoms in total. The molecular formula is C53H33N3O. The molecule has 0 bridgehead atoms. The van der Waals surface area contributed by atoms with Crippen molar-refractivity contribution >= 4 is 43.5 Å². The molecule has 0 radical (unpaired) electrons. The first kappa shape index (κ1) is 32.7. The van der Waals surface area contributed by atoms with Crippen LogP contribution < -0.4 is 0 Å². The van der Waals surface area contributed by atoms with Crippen molar-refractivity contribution in [3.63, 3.8) is 0 Å². The van der Waals surface area contributed by atoms with Crippen molar-refractivity contribution in [1.29, 1.82) is 0 Å². The predicted octanol–water partition coefficient (Wildman–Crippen LogP) is 14.1. The van der Waals surface area contributed by atoms with Gasteiger partial charge >= 0.3 is 0 Å². The summed E-state index contributed by atoms with van der Waals surface area (Å²) in [7, 11) is 0. The molecule has 11 rings (SSSR count). The van der Waals surface area contributed by atoms with Gasteiger partial charge in [-0.2, -0.15) is 0 Å². The van der Waals surface area contributed by atoms with E-state index < -0.39 is 0 Å². The van der Waals surface area contributed by atoms with E-state index >= 15 is 0 Å². The monoisotopic (exact) mass is 727 g/mol. The highest BCUT2D eigenvalue weighted by Crippen LogP contribution is 2.39. The van der Waals surface area contributed by atoms with Crippen molar-refractivity contribution in [3.8, 4) is 67.5 Å². The van der Waals surface area contributed by atoms with E-state index in [0.29, 0.717) is 17.5 Å². The third kappa shape index (κ3) is 6.01. The van der Waals surface area contributed by atoms with Gasteiger partial charge in [-0.1, -0.05) is 164 Å². The van der Waals surface area contributed by atoms with Gasteiger partial charge in [0.25, 0.3) is 0 Å². The summed E-state index contributed by atoms with van der Waals surface area (Å²) in [4.78, 5) is 15.1. The molecule has 0 fully saturated rings. The Labute approximate surface area is 329 Å². The smallest absolute Gasteiger partial charge is 0.164 e. The zero-order valence-corrected chi connectivity index (χ0v) is 30.8. The highest BCUT2D eigenvalue weighted by atomic mass is 16.3. The van der Waals surface area contributed by atoms with E-state index in [4.69, 9.17) is 19.4 Å². The molecule has 0 N–H and O–H groups in total. The normalized spacial score (nSPS) is 11.5. The Morgan fingerprint density at radius 2 is 0.772 bits per heavy atom. The number of rotatable bonds is 6. The second-order valence-corrected chi connectivity index (χ2v) is 14.4. The molecule has 2 heterocycles. The summed E-state index contributed by atoms with van der Waals surface area (Å²) in [5.74, 6) is 1.89. The zero-order chi connectivity index (χ0) is 37.7. The fraction of sp³-hybridized carbons (Fsp3) is 0. The van der Waals surface area contributed by atoms with Gasteiger partial charge in [0.05, 0.1) is 0 Å². The lowest BCUT2D eigenvalue weighted by Gasteiger charge is -2.11. The molecule has 0 aliphatic rings. The van der Waals surface area contributed by atoms with Gasteiger partial charge in [-0.05, 0) is 91.3 Å². The fourth-order valence-corrected chi connectivity index (χ4v) is 7.96. The summed E-state index contributed by atoms with van der Waals surface area (Å²) in [6.07, 6.45) is 0. The Bertz CT molecular complexity index is 3280. The maximum Gasteiger partial charge on any atom is 0.164 e. The molecule has 0 aliphatic heterocycles. The molecule has 0 unspecified atom stereocenters. The lowest BCUT2D eigenvalue weighted by atomic mass is 9.95. The van der Waals surface area contributed by atoms with Crippen molar-refractivity contribution in [1.82, 2.24) is 15.0 Å². The molecule has 0 spiro atoms. The minimum Gasteiger partial charge on any atom is -0.456 e. The van der Waals surface area contributed by atoms with Crippen LogP contribution in [-0.2, 0) is 0 Å². The van der Waals surface area contributed by atoms with Gasteiger partial charge in [-0.3, -0.25) is 0 Å². The molecule has 9 aromatic carbocycles. The molecule has 2 aromatic heterocycles. The van der Waals surface area contributed by atoms with E-state index in [1.54, 1.807) is 0 Å². The van der Waals surface area contributed by atoms with Gasteiger partial charge in [-0.15, -0.1) is 0 Å². The minimum absolute atomic E-state index is 0.627. The molecule has 0 aliphatic carbocycles. The molecule has 266 valence electrons. The highest BCUT2D eigenvalue weighted by molar-refractivity contribution is 6.13. The molecular weight excluding hydrogens is 695 g/mol. The lowest BCUT2D eigenvalue weighted by molar-refractivity contribution is 0.669. The Morgan fingerprint density at radius 1 is 0.281 bits per heavy atom. The summed E-state index contributed by atoms with van der Waals surface area (Å²) in [6.45, 7) is 0. The first-order chi connectivity index (χ1) is 28.2. The maximum absolute atomic E-state index is 6.46. The number of aromatic nitrogens is 3. The van der Waals surface area contributed by atoms with Crippen LogP contribution in [-0.4, -0.2) is 15.0 Å². The first-order valence-electron chi connectivity index (χ1n) is 19.2. The molecule has 57 heavy (non-hydrogen) atoms. The van der Waals surface area contributed by atoms with Crippen LogP contribution in [0.1, 0.15) is 0 Å². The van der Waals surface area contributed by atoms with E-state index in [9.17, 15) is 0 Å². The van der Waals surface area contributed by atoms with Crippen molar-refractivity contribution in [2.75, 3.05) is 0 Å². The number of fused-ring (bicyclic) bond motifs is 5. The Balaban J connectivity index is 0.987. The van der Waals surface area contributed by atoms with Gasteiger partial charge in [0.2, 0.25) is 0 Å². The minimum atomic E-state index is 0.627. The molecule has 0 atom stereocenters. The lowest BCUT2D eigenvalue weighted by Crippen LogP contribution is -2.00. The van der Waals surface area contributed by atoms with E-state index in [1.807, 2.05) is 36.4 Å². The zero-order valence-electron chi connectivity index (χ0n) is 30.8. The number of benzene rings is 9. The highest BCUT2D eigenvalue weighted by Gasteiger charge is 2.16. The van der Waals surface area contributed by atoms with Gasteiger partial charge in [0.1, 0.15) is 11.2 Å². The summed E-state index contributed by atoms with van der Waals surface area (Å²) in [6, 6.07) is 70.0. The molecule has 0 amide bonds. The average Bonchev–Trinajstić information content (AvgIpc) is 3.67. The van der Waals surface area contributed by atoms with Crippen LogP contribution in [0.3, 0.4) is 0 Å². The third-order valence-corrected chi connectivity index (χ3v) is 10.9. The van der Waals surface area contributed by atoms with Crippen LogP contribution in [0.5, 0.6) is 0 Å². The van der Waals surface area contributed by atoms with E-state index in [-0.39, 0.29) is 0 Å². The van der Waals surface area contributed by atoms with Gasteiger partial charge in [0, 0.05) is 27.5 Å². The van der Waals surface area contributed by atoms with Crippen molar-refractivity contribution in [2.24, 2.45) is 0 Å². The number of nitrogens with zero attached hydrogens (tertiary/aromatic N) is 3. The van der Waals surface area contributed by atoms with Crippen LogP contribution in [0.15, 0.2) is 205 Å². The topological polar surface area (TPSA) is 51.8 Å². The van der Waals surface area contributed by atoms with E-state index in [2.05, 4.69) is 164 Å².